The summed E-state index contributed by atoms with van der Waals surface area (Å²) in [5, 5.41) is 2.62. The molecule has 5 heteroatoms. The van der Waals surface area contributed by atoms with E-state index in [9.17, 15) is 14.0 Å². The molecule has 0 unspecified atom stereocenters. The van der Waals surface area contributed by atoms with Crippen molar-refractivity contribution in [3.63, 3.8) is 0 Å². The van der Waals surface area contributed by atoms with Gasteiger partial charge in [0.1, 0.15) is 17.3 Å². The van der Waals surface area contributed by atoms with E-state index in [2.05, 4.69) is 5.32 Å². The summed E-state index contributed by atoms with van der Waals surface area (Å²) in [6, 6.07) is 11.5. The van der Waals surface area contributed by atoms with E-state index in [4.69, 9.17) is 4.74 Å². The molecular formula is C19H20FNO3. The van der Waals surface area contributed by atoms with Gasteiger partial charge in [-0.2, -0.15) is 0 Å². The van der Waals surface area contributed by atoms with Crippen molar-refractivity contribution in [1.29, 1.82) is 0 Å². The lowest BCUT2D eigenvalue weighted by Gasteiger charge is -2.10. The van der Waals surface area contributed by atoms with E-state index < -0.39 is 5.82 Å². The summed E-state index contributed by atoms with van der Waals surface area (Å²) in [7, 11) is 0. The fraction of sp³-hybridized carbons (Fsp3) is 0.263. The number of hydrogen-bond donors (Lipinski definition) is 1. The Bertz CT molecular complexity index is 726. The van der Waals surface area contributed by atoms with Gasteiger partial charge in [-0.25, -0.2) is 4.39 Å². The van der Waals surface area contributed by atoms with Crippen LogP contribution < -0.4 is 10.1 Å². The minimum absolute atomic E-state index is 0.152. The Morgan fingerprint density at radius 1 is 1.12 bits per heavy atom. The van der Waals surface area contributed by atoms with Crippen LogP contribution in [0, 0.1) is 12.7 Å². The van der Waals surface area contributed by atoms with E-state index in [0.29, 0.717) is 24.3 Å². The van der Waals surface area contributed by atoms with Crippen LogP contribution in [-0.2, 0) is 16.0 Å². The zero-order valence-electron chi connectivity index (χ0n) is 13.8. The second-order valence-corrected chi connectivity index (χ2v) is 5.64. The van der Waals surface area contributed by atoms with Gasteiger partial charge >= 0.3 is 0 Å². The first-order valence-electron chi connectivity index (χ1n) is 7.71. The summed E-state index contributed by atoms with van der Waals surface area (Å²) in [4.78, 5) is 22.9. The summed E-state index contributed by atoms with van der Waals surface area (Å²) in [5.41, 5.74) is 2.25. The third-order valence-corrected chi connectivity index (χ3v) is 3.53. The Morgan fingerprint density at radius 3 is 2.50 bits per heavy atom. The van der Waals surface area contributed by atoms with Crippen LogP contribution in [0.15, 0.2) is 42.5 Å². The van der Waals surface area contributed by atoms with Crippen LogP contribution in [0.1, 0.15) is 24.5 Å². The van der Waals surface area contributed by atoms with Crippen molar-refractivity contribution < 1.29 is 18.7 Å². The highest BCUT2D eigenvalue weighted by atomic mass is 19.1. The van der Waals surface area contributed by atoms with Crippen LogP contribution in [0.25, 0.3) is 0 Å². The average Bonchev–Trinajstić information content (AvgIpc) is 2.55. The average molecular weight is 329 g/mol. The van der Waals surface area contributed by atoms with Crippen molar-refractivity contribution in [3.05, 3.63) is 59.4 Å². The number of nitrogens with one attached hydrogen (secondary N) is 1. The van der Waals surface area contributed by atoms with Crippen LogP contribution >= 0.6 is 0 Å². The molecule has 0 fully saturated rings. The number of amides is 1. The lowest BCUT2D eigenvalue weighted by molar-refractivity contribution is -0.118. The molecule has 0 aliphatic heterocycles. The fourth-order valence-electron chi connectivity index (χ4n) is 2.14. The molecule has 0 bridgehead atoms. The second kappa shape index (κ2) is 8.24. The number of benzene rings is 2. The summed E-state index contributed by atoms with van der Waals surface area (Å²) in [5.74, 6) is -0.0466. The molecule has 1 N–H and O–H groups in total. The van der Waals surface area contributed by atoms with E-state index in [1.807, 2.05) is 12.1 Å². The molecule has 0 heterocycles. The SMILES string of the molecule is CC(=O)CCc1ccc(OCC(=O)Nc2cc(F)ccc2C)cc1. The first kappa shape index (κ1) is 17.7. The molecule has 1 amide bonds. The Labute approximate surface area is 140 Å². The molecule has 0 saturated heterocycles. The predicted octanol–water partition coefficient (Wildman–Crippen LogP) is 3.67. The van der Waals surface area contributed by atoms with E-state index in [0.717, 1.165) is 11.1 Å². The first-order chi connectivity index (χ1) is 11.4. The molecule has 2 aromatic rings. The minimum atomic E-state index is -0.405. The van der Waals surface area contributed by atoms with Gasteiger partial charge in [0.05, 0.1) is 0 Å². The largest absolute Gasteiger partial charge is 0.484 e. The molecule has 4 nitrogen and oxygen atoms in total. The maximum Gasteiger partial charge on any atom is 0.262 e. The molecule has 0 aromatic heterocycles. The van der Waals surface area contributed by atoms with Gasteiger partial charge in [0.2, 0.25) is 0 Å². The Kier molecular flexibility index (Phi) is 6.07. The van der Waals surface area contributed by atoms with E-state index in [-0.39, 0.29) is 18.3 Å². The second-order valence-electron chi connectivity index (χ2n) is 5.64. The molecule has 0 saturated carbocycles. The lowest BCUT2D eigenvalue weighted by atomic mass is 10.1. The highest BCUT2D eigenvalue weighted by Crippen LogP contribution is 2.17. The van der Waals surface area contributed by atoms with Gasteiger partial charge in [-0.3, -0.25) is 4.79 Å². The third kappa shape index (κ3) is 5.50. The van der Waals surface area contributed by atoms with Crippen molar-refractivity contribution in [3.8, 4) is 5.75 Å². The van der Waals surface area contributed by atoms with Crippen LogP contribution in [0.3, 0.4) is 0 Å². The normalized spacial score (nSPS) is 10.3. The molecule has 0 aliphatic carbocycles. The third-order valence-electron chi connectivity index (χ3n) is 3.53. The summed E-state index contributed by atoms with van der Waals surface area (Å²) >= 11 is 0. The number of carbonyl (C=O) groups is 2. The maximum absolute atomic E-state index is 13.2. The molecular weight excluding hydrogens is 309 g/mol. The van der Waals surface area contributed by atoms with Crippen molar-refractivity contribution in [2.24, 2.45) is 0 Å². The minimum Gasteiger partial charge on any atom is -0.484 e. The summed E-state index contributed by atoms with van der Waals surface area (Å²) < 4.78 is 18.6. The fourth-order valence-corrected chi connectivity index (χ4v) is 2.14. The van der Waals surface area contributed by atoms with Crippen molar-refractivity contribution in [2.75, 3.05) is 11.9 Å². The van der Waals surface area contributed by atoms with Gasteiger partial charge in [-0.05, 0) is 55.7 Å². The number of carbonyl (C=O) groups excluding carboxylic acids is 2. The van der Waals surface area contributed by atoms with Crippen molar-refractivity contribution in [1.82, 2.24) is 0 Å². The Hall–Kier alpha value is -2.69. The Balaban J connectivity index is 1.85. The number of rotatable bonds is 7. The molecule has 24 heavy (non-hydrogen) atoms. The Morgan fingerprint density at radius 2 is 1.83 bits per heavy atom. The summed E-state index contributed by atoms with van der Waals surface area (Å²) in [6.45, 7) is 3.19. The predicted molar refractivity (Wildman–Crippen MR) is 90.7 cm³/mol. The summed E-state index contributed by atoms with van der Waals surface area (Å²) in [6.07, 6.45) is 1.20. The zero-order chi connectivity index (χ0) is 17.5. The van der Waals surface area contributed by atoms with Gasteiger partial charge in [0.25, 0.3) is 5.91 Å². The van der Waals surface area contributed by atoms with Crippen LogP contribution in [0.5, 0.6) is 5.75 Å². The van der Waals surface area contributed by atoms with E-state index in [1.165, 1.54) is 12.1 Å². The number of hydrogen-bond acceptors (Lipinski definition) is 3. The number of anilines is 1. The highest BCUT2D eigenvalue weighted by Gasteiger charge is 2.07. The van der Waals surface area contributed by atoms with Crippen LogP contribution in [-0.4, -0.2) is 18.3 Å². The maximum atomic E-state index is 13.2. The van der Waals surface area contributed by atoms with Crippen LogP contribution in [0.4, 0.5) is 10.1 Å². The lowest BCUT2D eigenvalue weighted by Crippen LogP contribution is -2.20. The van der Waals surface area contributed by atoms with Gasteiger partial charge in [-0.15, -0.1) is 0 Å². The van der Waals surface area contributed by atoms with Crippen molar-refractivity contribution >= 4 is 17.4 Å². The molecule has 0 radical (unpaired) electrons. The number of halogens is 1. The molecule has 0 atom stereocenters. The van der Waals surface area contributed by atoms with Gasteiger partial charge in [0.15, 0.2) is 6.61 Å². The zero-order valence-corrected chi connectivity index (χ0v) is 13.8. The van der Waals surface area contributed by atoms with E-state index >= 15 is 0 Å². The number of aryl methyl sites for hydroxylation is 2. The molecule has 2 rings (SSSR count). The number of ketones is 1. The standard InChI is InChI=1S/C19H20FNO3/c1-13-3-8-16(20)11-18(13)21-19(23)12-24-17-9-6-15(7-10-17)5-4-14(2)22/h3,6-11H,4-5,12H2,1-2H3,(H,21,23). The molecule has 0 aliphatic rings. The first-order valence-corrected chi connectivity index (χ1v) is 7.71. The van der Waals surface area contributed by atoms with Crippen LogP contribution in [0.2, 0.25) is 0 Å². The van der Waals surface area contributed by atoms with Gasteiger partial charge in [0, 0.05) is 12.1 Å². The van der Waals surface area contributed by atoms with E-state index in [1.54, 1.807) is 32.0 Å². The van der Waals surface area contributed by atoms with Crippen molar-refractivity contribution in [2.45, 2.75) is 26.7 Å². The monoisotopic (exact) mass is 329 g/mol. The van der Waals surface area contributed by atoms with Gasteiger partial charge in [-0.1, -0.05) is 18.2 Å². The molecule has 2 aromatic carbocycles. The molecule has 0 spiro atoms. The van der Waals surface area contributed by atoms with Gasteiger partial charge < -0.3 is 14.8 Å². The quantitative estimate of drug-likeness (QED) is 0.843. The smallest absolute Gasteiger partial charge is 0.262 e. The highest BCUT2D eigenvalue weighted by molar-refractivity contribution is 5.92. The number of ether oxygens (including phenoxy) is 1. The number of Topliss-reactive ketones (excluding diaryl/α,β-unsaturated/α-hetero) is 1. The molecule has 126 valence electrons. The topological polar surface area (TPSA) is 55.4 Å².